The van der Waals surface area contributed by atoms with Gasteiger partial charge in [0.25, 0.3) is 0 Å². The quantitative estimate of drug-likeness (QED) is 0.422. The van der Waals surface area contributed by atoms with Gasteiger partial charge >= 0.3 is 0 Å². The minimum atomic E-state index is -0.337. The van der Waals surface area contributed by atoms with Crippen LogP contribution in [0.2, 0.25) is 0 Å². The molecule has 0 spiro atoms. The lowest BCUT2D eigenvalue weighted by Gasteiger charge is -2.32. The number of hydrogen-bond acceptors (Lipinski definition) is 5. The summed E-state index contributed by atoms with van der Waals surface area (Å²) in [5.74, 6) is 0.156. The molecule has 2 aromatic heterocycles. The Morgan fingerprint density at radius 2 is 1.77 bits per heavy atom. The third-order valence-corrected chi connectivity index (χ3v) is 5.74. The van der Waals surface area contributed by atoms with Gasteiger partial charge in [0.05, 0.1) is 35.2 Å². The molecule has 0 N–H and O–H groups in total. The largest absolute Gasteiger partial charge is 0.343 e. The number of piperidine rings is 1. The Morgan fingerprint density at radius 3 is 2.53 bits per heavy atom. The zero-order chi connectivity index (χ0) is 20.9. The first-order valence-electron chi connectivity index (χ1n) is 10.3. The number of carbonyl (C=O) groups is 2. The number of amides is 1. The number of carbonyl (C=O) groups excluding carboxylic acids is 2. The second-order valence-corrected chi connectivity index (χ2v) is 8.05. The minimum absolute atomic E-state index is 0.156. The van der Waals surface area contributed by atoms with E-state index in [0.717, 1.165) is 48.2 Å². The lowest BCUT2D eigenvalue weighted by molar-refractivity contribution is -0.132. The van der Waals surface area contributed by atoms with Gasteiger partial charge in [-0.05, 0) is 49.4 Å². The van der Waals surface area contributed by atoms with Gasteiger partial charge in [-0.3, -0.25) is 19.3 Å². The van der Waals surface area contributed by atoms with Crippen LogP contribution in [0.1, 0.15) is 44.6 Å². The van der Waals surface area contributed by atoms with Gasteiger partial charge in [0.2, 0.25) is 11.1 Å². The average Bonchev–Trinajstić information content (AvgIpc) is 3.26. The highest BCUT2D eigenvalue weighted by Gasteiger charge is 2.24. The van der Waals surface area contributed by atoms with E-state index in [-0.39, 0.29) is 17.2 Å². The normalized spacial score (nSPS) is 14.9. The maximum Gasteiger partial charge on any atom is 0.222 e. The van der Waals surface area contributed by atoms with Crippen molar-refractivity contribution in [1.82, 2.24) is 24.6 Å². The van der Waals surface area contributed by atoms with Crippen LogP contribution in [0.5, 0.6) is 0 Å². The fraction of sp³-hybridized carbons (Fsp3) is 0.409. The van der Waals surface area contributed by atoms with Crippen molar-refractivity contribution >= 4 is 33.8 Å². The third kappa shape index (κ3) is 4.84. The number of aromatic nitrogens is 4. The van der Waals surface area contributed by atoms with Crippen molar-refractivity contribution in [3.63, 3.8) is 0 Å². The van der Waals surface area contributed by atoms with E-state index in [1.54, 1.807) is 6.20 Å². The van der Waals surface area contributed by atoms with Crippen LogP contribution in [0.4, 0.5) is 0 Å². The minimum Gasteiger partial charge on any atom is -0.343 e. The van der Waals surface area contributed by atoms with Crippen LogP contribution in [-0.4, -0.2) is 48.9 Å². The molecule has 4 rings (SSSR count). The van der Waals surface area contributed by atoms with Crippen molar-refractivity contribution in [3.05, 3.63) is 42.9 Å². The fourth-order valence-electron chi connectivity index (χ4n) is 3.84. The van der Waals surface area contributed by atoms with Crippen molar-refractivity contribution in [2.75, 3.05) is 13.1 Å². The van der Waals surface area contributed by atoms with Crippen LogP contribution in [0.3, 0.4) is 0 Å². The van der Waals surface area contributed by atoms with E-state index in [4.69, 9.17) is 11.6 Å². The second kappa shape index (κ2) is 9.34. The number of rotatable bonds is 7. The molecule has 1 aliphatic rings. The smallest absolute Gasteiger partial charge is 0.222 e. The van der Waals surface area contributed by atoms with Gasteiger partial charge < -0.3 is 4.90 Å². The highest BCUT2D eigenvalue weighted by molar-refractivity contribution is 6.63. The number of unbranched alkanes of at least 4 members (excludes halogenated alkanes) is 1. The average molecular weight is 426 g/mol. The Bertz CT molecular complexity index is 1040. The molecule has 1 saturated heterocycles. The Kier molecular flexibility index (Phi) is 6.38. The first kappa shape index (κ1) is 20.5. The summed E-state index contributed by atoms with van der Waals surface area (Å²) in [6.45, 7) is 1.45. The molecule has 0 radical (unpaired) electrons. The summed E-state index contributed by atoms with van der Waals surface area (Å²) in [5.41, 5.74) is 3.49. The maximum absolute atomic E-state index is 12.4. The van der Waals surface area contributed by atoms with Crippen molar-refractivity contribution in [2.45, 2.75) is 44.6 Å². The number of benzene rings is 1. The van der Waals surface area contributed by atoms with E-state index in [0.29, 0.717) is 25.7 Å². The van der Waals surface area contributed by atoms with Gasteiger partial charge in [-0.15, -0.1) is 0 Å². The van der Waals surface area contributed by atoms with E-state index < -0.39 is 0 Å². The number of fused-ring (bicyclic) bond motifs is 1. The number of hydrogen-bond donors (Lipinski definition) is 0. The number of likely N-dealkylation sites (tertiary alicyclic amines) is 1. The molecule has 0 aliphatic carbocycles. The molecule has 156 valence electrons. The standard InChI is InChI=1S/C22H24ClN5O2/c23-21(29)7-3-4-8-22(30)27-11-9-17(10-12-27)28-15-16(13-25-28)20-14-24-18-5-1-2-6-19(18)26-20/h1-2,5-6,13-15,17H,3-4,7-12H2. The molecule has 3 aromatic rings. The first-order valence-corrected chi connectivity index (χ1v) is 10.7. The first-order chi connectivity index (χ1) is 14.6. The molecule has 0 atom stereocenters. The molecule has 1 fully saturated rings. The van der Waals surface area contributed by atoms with E-state index in [1.807, 2.05) is 46.2 Å². The molecule has 7 nitrogen and oxygen atoms in total. The Balaban J connectivity index is 1.32. The van der Waals surface area contributed by atoms with Crippen LogP contribution in [0, 0.1) is 0 Å². The SMILES string of the molecule is O=C(Cl)CCCCC(=O)N1CCC(n2cc(-c3cnc4ccccc4n3)cn2)CC1. The van der Waals surface area contributed by atoms with E-state index in [9.17, 15) is 9.59 Å². The molecule has 0 unspecified atom stereocenters. The molecule has 3 heterocycles. The predicted molar refractivity (Wildman–Crippen MR) is 115 cm³/mol. The zero-order valence-electron chi connectivity index (χ0n) is 16.7. The number of nitrogens with zero attached hydrogens (tertiary/aromatic N) is 5. The highest BCUT2D eigenvalue weighted by atomic mass is 35.5. The van der Waals surface area contributed by atoms with Crippen LogP contribution in [0.15, 0.2) is 42.9 Å². The maximum atomic E-state index is 12.4. The van der Waals surface area contributed by atoms with Gasteiger partial charge in [0, 0.05) is 37.7 Å². The topological polar surface area (TPSA) is 81.0 Å². The molecule has 0 bridgehead atoms. The van der Waals surface area contributed by atoms with Gasteiger partial charge in [0.1, 0.15) is 0 Å². The molecule has 1 aliphatic heterocycles. The van der Waals surface area contributed by atoms with Crippen LogP contribution in [-0.2, 0) is 9.59 Å². The third-order valence-electron chi connectivity index (χ3n) is 5.55. The summed E-state index contributed by atoms with van der Waals surface area (Å²) in [4.78, 5) is 34.2. The molecule has 1 aromatic carbocycles. The fourth-order valence-corrected chi connectivity index (χ4v) is 3.98. The Labute approximate surface area is 180 Å². The molecular formula is C22H24ClN5O2. The Hall–Kier alpha value is -2.80. The molecule has 30 heavy (non-hydrogen) atoms. The summed E-state index contributed by atoms with van der Waals surface area (Å²) in [5, 5.41) is 4.21. The lowest BCUT2D eigenvalue weighted by atomic mass is 10.0. The Morgan fingerprint density at radius 1 is 1.03 bits per heavy atom. The van der Waals surface area contributed by atoms with E-state index >= 15 is 0 Å². The number of halogens is 1. The van der Waals surface area contributed by atoms with Crippen LogP contribution < -0.4 is 0 Å². The van der Waals surface area contributed by atoms with Crippen molar-refractivity contribution in [2.24, 2.45) is 0 Å². The summed E-state index contributed by atoms with van der Waals surface area (Å²) < 4.78 is 1.99. The van der Waals surface area contributed by atoms with Gasteiger partial charge in [0.15, 0.2) is 0 Å². The van der Waals surface area contributed by atoms with E-state index in [1.165, 1.54) is 0 Å². The van der Waals surface area contributed by atoms with Gasteiger partial charge in [-0.2, -0.15) is 5.10 Å². The van der Waals surface area contributed by atoms with Crippen LogP contribution in [0.25, 0.3) is 22.3 Å². The molecular weight excluding hydrogens is 402 g/mol. The molecule has 1 amide bonds. The summed E-state index contributed by atoms with van der Waals surface area (Å²) in [7, 11) is 0. The molecule has 0 saturated carbocycles. The lowest BCUT2D eigenvalue weighted by Crippen LogP contribution is -2.39. The van der Waals surface area contributed by atoms with Gasteiger partial charge in [-0.25, -0.2) is 4.98 Å². The van der Waals surface area contributed by atoms with Gasteiger partial charge in [-0.1, -0.05) is 12.1 Å². The van der Waals surface area contributed by atoms with Crippen molar-refractivity contribution in [3.8, 4) is 11.3 Å². The molecule has 8 heteroatoms. The highest BCUT2D eigenvalue weighted by Crippen LogP contribution is 2.25. The summed E-state index contributed by atoms with van der Waals surface area (Å²) in [6, 6.07) is 8.08. The van der Waals surface area contributed by atoms with E-state index in [2.05, 4.69) is 15.1 Å². The summed E-state index contributed by atoms with van der Waals surface area (Å²) in [6.07, 6.45) is 9.54. The zero-order valence-corrected chi connectivity index (χ0v) is 17.5. The van der Waals surface area contributed by atoms with Crippen molar-refractivity contribution < 1.29 is 9.59 Å². The monoisotopic (exact) mass is 425 g/mol. The summed E-state index contributed by atoms with van der Waals surface area (Å²) >= 11 is 5.33. The van der Waals surface area contributed by atoms with Crippen molar-refractivity contribution in [1.29, 1.82) is 0 Å². The predicted octanol–water partition coefficient (Wildman–Crippen LogP) is 3.98. The number of para-hydroxylation sites is 2. The second-order valence-electron chi connectivity index (χ2n) is 7.63. The van der Waals surface area contributed by atoms with Crippen LogP contribution >= 0.6 is 11.6 Å².